The van der Waals surface area contributed by atoms with Gasteiger partial charge in [0.1, 0.15) is 5.75 Å². The molecule has 0 heterocycles. The van der Waals surface area contributed by atoms with Crippen molar-refractivity contribution >= 4 is 52.1 Å². The van der Waals surface area contributed by atoms with Crippen LogP contribution in [0.1, 0.15) is 43.5 Å². The van der Waals surface area contributed by atoms with E-state index in [2.05, 4.69) is 16.0 Å². The van der Waals surface area contributed by atoms with Gasteiger partial charge < -0.3 is 15.4 Å². The van der Waals surface area contributed by atoms with E-state index in [0.717, 1.165) is 12.8 Å². The highest BCUT2D eigenvalue weighted by atomic mass is 35.5. The first-order valence-corrected chi connectivity index (χ1v) is 10.2. The molecule has 0 spiro atoms. The number of hydrogen-bond donors (Lipinski definition) is 3. The van der Waals surface area contributed by atoms with E-state index in [4.69, 9.17) is 28.6 Å². The molecule has 0 saturated carbocycles. The molecule has 0 unspecified atom stereocenters. The maximum absolute atomic E-state index is 12.4. The second-order valence-electron chi connectivity index (χ2n) is 6.22. The van der Waals surface area contributed by atoms with Gasteiger partial charge in [-0.1, -0.05) is 31.0 Å². The average Bonchev–Trinajstić information content (AvgIpc) is 2.68. The lowest BCUT2D eigenvalue weighted by Gasteiger charge is -2.12. The maximum atomic E-state index is 12.4. The van der Waals surface area contributed by atoms with E-state index in [9.17, 15) is 9.59 Å². The number of anilines is 2. The van der Waals surface area contributed by atoms with Crippen LogP contribution in [0.2, 0.25) is 5.02 Å². The summed E-state index contributed by atoms with van der Waals surface area (Å²) in [4.78, 5) is 24.3. The number of hydrogen-bond acceptors (Lipinski definition) is 4. The molecule has 0 saturated heterocycles. The minimum Gasteiger partial charge on any atom is -0.492 e. The molecule has 0 aliphatic carbocycles. The fourth-order valence-corrected chi connectivity index (χ4v) is 2.93. The molecule has 8 heteroatoms. The lowest BCUT2D eigenvalue weighted by molar-refractivity contribution is -0.116. The summed E-state index contributed by atoms with van der Waals surface area (Å²) in [7, 11) is 0. The summed E-state index contributed by atoms with van der Waals surface area (Å²) >= 11 is 11.3. The van der Waals surface area contributed by atoms with Gasteiger partial charge in [0.25, 0.3) is 5.91 Å². The van der Waals surface area contributed by atoms with E-state index in [1.54, 1.807) is 36.4 Å². The average molecular weight is 434 g/mol. The predicted octanol–water partition coefficient (Wildman–Crippen LogP) is 4.99. The number of carbonyl (C=O) groups excluding carboxylic acids is 2. The zero-order valence-corrected chi connectivity index (χ0v) is 18.0. The van der Waals surface area contributed by atoms with E-state index >= 15 is 0 Å². The minimum absolute atomic E-state index is 0.0349. The monoisotopic (exact) mass is 433 g/mol. The molecule has 0 bridgehead atoms. The van der Waals surface area contributed by atoms with Crippen molar-refractivity contribution in [2.45, 2.75) is 33.1 Å². The van der Waals surface area contributed by atoms with E-state index in [-0.39, 0.29) is 11.0 Å². The van der Waals surface area contributed by atoms with Gasteiger partial charge in [0, 0.05) is 23.4 Å². The number of thiocarbonyl (C=S) groups is 1. The molecular weight excluding hydrogens is 410 g/mol. The number of rotatable bonds is 8. The van der Waals surface area contributed by atoms with Gasteiger partial charge in [0.15, 0.2) is 5.11 Å². The molecular formula is C21H24ClN3O3S. The Labute approximate surface area is 181 Å². The quantitative estimate of drug-likeness (QED) is 0.511. The molecule has 2 rings (SSSR count). The first-order valence-electron chi connectivity index (χ1n) is 9.37. The summed E-state index contributed by atoms with van der Waals surface area (Å²) in [5.41, 5.74) is 1.66. The molecule has 0 radical (unpaired) electrons. The van der Waals surface area contributed by atoms with Crippen LogP contribution >= 0.6 is 23.8 Å². The SMILES string of the molecule is CCCCC(=O)Nc1cccc(NC(=S)NC(=O)c2ccc(OCC)c(Cl)c2)c1. The third kappa shape index (κ3) is 7.36. The van der Waals surface area contributed by atoms with Gasteiger partial charge in [-0.2, -0.15) is 0 Å². The Bertz CT molecular complexity index is 889. The van der Waals surface area contributed by atoms with Crippen LogP contribution < -0.4 is 20.7 Å². The van der Waals surface area contributed by atoms with Crippen molar-refractivity contribution < 1.29 is 14.3 Å². The summed E-state index contributed by atoms with van der Waals surface area (Å²) in [6.07, 6.45) is 2.28. The number of nitrogens with one attached hydrogen (secondary N) is 3. The Morgan fingerprint density at radius 3 is 2.45 bits per heavy atom. The van der Waals surface area contributed by atoms with Gasteiger partial charge in [0.05, 0.1) is 11.6 Å². The Kier molecular flexibility index (Phi) is 8.89. The summed E-state index contributed by atoms with van der Waals surface area (Å²) in [6.45, 7) is 4.37. The highest BCUT2D eigenvalue weighted by Gasteiger charge is 2.11. The second kappa shape index (κ2) is 11.4. The summed E-state index contributed by atoms with van der Waals surface area (Å²) in [5, 5.41) is 8.87. The molecule has 0 atom stereocenters. The number of unbranched alkanes of at least 4 members (excludes halogenated alkanes) is 1. The fourth-order valence-electron chi connectivity index (χ4n) is 2.49. The Balaban J connectivity index is 1.95. The van der Waals surface area contributed by atoms with Crippen LogP contribution in [0.15, 0.2) is 42.5 Å². The van der Waals surface area contributed by atoms with Crippen molar-refractivity contribution in [2.24, 2.45) is 0 Å². The van der Waals surface area contributed by atoms with Gasteiger partial charge in [-0.05, 0) is 62.0 Å². The van der Waals surface area contributed by atoms with Crippen molar-refractivity contribution in [3.05, 3.63) is 53.1 Å². The number of benzene rings is 2. The van der Waals surface area contributed by atoms with Gasteiger partial charge in [-0.15, -0.1) is 0 Å². The molecule has 154 valence electrons. The van der Waals surface area contributed by atoms with Crippen LogP contribution in [0.4, 0.5) is 11.4 Å². The zero-order chi connectivity index (χ0) is 21.2. The van der Waals surface area contributed by atoms with Crippen molar-refractivity contribution in [1.82, 2.24) is 5.32 Å². The summed E-state index contributed by atoms with van der Waals surface area (Å²) in [6, 6.07) is 11.9. The van der Waals surface area contributed by atoms with Gasteiger partial charge in [-0.3, -0.25) is 14.9 Å². The van der Waals surface area contributed by atoms with Crippen LogP contribution in [-0.4, -0.2) is 23.5 Å². The third-order valence-electron chi connectivity index (χ3n) is 3.88. The molecule has 2 amide bonds. The zero-order valence-electron chi connectivity index (χ0n) is 16.4. The smallest absolute Gasteiger partial charge is 0.257 e. The third-order valence-corrected chi connectivity index (χ3v) is 4.38. The van der Waals surface area contributed by atoms with Gasteiger partial charge in [0.2, 0.25) is 5.91 Å². The molecule has 29 heavy (non-hydrogen) atoms. The van der Waals surface area contributed by atoms with Crippen molar-refractivity contribution in [1.29, 1.82) is 0 Å². The van der Waals surface area contributed by atoms with Crippen molar-refractivity contribution in [2.75, 3.05) is 17.2 Å². The molecule has 6 nitrogen and oxygen atoms in total. The topological polar surface area (TPSA) is 79.5 Å². The fraction of sp³-hybridized carbons (Fsp3) is 0.286. The van der Waals surface area contributed by atoms with Crippen LogP contribution in [0.25, 0.3) is 0 Å². The normalized spacial score (nSPS) is 10.2. The van der Waals surface area contributed by atoms with Gasteiger partial charge >= 0.3 is 0 Å². The lowest BCUT2D eigenvalue weighted by Crippen LogP contribution is -2.34. The predicted molar refractivity (Wildman–Crippen MR) is 121 cm³/mol. The highest BCUT2D eigenvalue weighted by Crippen LogP contribution is 2.25. The second-order valence-corrected chi connectivity index (χ2v) is 7.03. The largest absolute Gasteiger partial charge is 0.492 e. The molecule has 3 N–H and O–H groups in total. The van der Waals surface area contributed by atoms with E-state index in [1.807, 2.05) is 13.8 Å². The first-order chi connectivity index (χ1) is 13.9. The van der Waals surface area contributed by atoms with Gasteiger partial charge in [-0.25, -0.2) is 0 Å². The maximum Gasteiger partial charge on any atom is 0.257 e. The minimum atomic E-state index is -0.392. The van der Waals surface area contributed by atoms with Crippen LogP contribution in [0, 0.1) is 0 Å². The number of halogens is 1. The van der Waals surface area contributed by atoms with E-state index in [0.29, 0.717) is 40.7 Å². The summed E-state index contributed by atoms with van der Waals surface area (Å²) < 4.78 is 5.36. The Hall–Kier alpha value is -2.64. The first kappa shape index (κ1) is 22.6. The number of amides is 2. The van der Waals surface area contributed by atoms with Crippen LogP contribution in [-0.2, 0) is 4.79 Å². The molecule has 0 aliphatic rings. The molecule has 2 aromatic carbocycles. The highest BCUT2D eigenvalue weighted by molar-refractivity contribution is 7.80. The van der Waals surface area contributed by atoms with Crippen molar-refractivity contribution in [3.8, 4) is 5.75 Å². The van der Waals surface area contributed by atoms with Crippen molar-refractivity contribution in [3.63, 3.8) is 0 Å². The number of ether oxygens (including phenoxy) is 1. The number of carbonyl (C=O) groups is 2. The van der Waals surface area contributed by atoms with E-state index < -0.39 is 5.91 Å². The van der Waals surface area contributed by atoms with E-state index in [1.165, 1.54) is 6.07 Å². The lowest BCUT2D eigenvalue weighted by atomic mass is 10.2. The molecule has 0 aromatic heterocycles. The standard InChI is InChI=1S/C21H24ClN3O3S/c1-3-5-9-19(26)23-15-7-6-8-16(13-15)24-21(29)25-20(27)14-10-11-18(28-4-2)17(22)12-14/h6-8,10-13H,3-5,9H2,1-2H3,(H,23,26)(H2,24,25,27,29). The molecule has 2 aromatic rings. The Morgan fingerprint density at radius 2 is 1.79 bits per heavy atom. The Morgan fingerprint density at radius 1 is 1.07 bits per heavy atom. The van der Waals surface area contributed by atoms with Crippen LogP contribution in [0.3, 0.4) is 0 Å². The molecule has 0 fully saturated rings. The molecule has 0 aliphatic heterocycles. The summed E-state index contributed by atoms with van der Waals surface area (Å²) in [5.74, 6) is 0.0907. The van der Waals surface area contributed by atoms with Crippen LogP contribution in [0.5, 0.6) is 5.75 Å².